The summed E-state index contributed by atoms with van der Waals surface area (Å²) in [7, 11) is 1.83. The van der Waals surface area contributed by atoms with Crippen LogP contribution >= 0.6 is 11.8 Å². The van der Waals surface area contributed by atoms with Crippen molar-refractivity contribution < 1.29 is 0 Å². The lowest BCUT2D eigenvalue weighted by molar-refractivity contribution is 0.858. The summed E-state index contributed by atoms with van der Waals surface area (Å²) in [6, 6.07) is 1.26. The molecule has 0 unspecified atom stereocenters. The van der Waals surface area contributed by atoms with Crippen molar-refractivity contribution in [2.24, 2.45) is 0 Å². The van der Waals surface area contributed by atoms with Crippen LogP contribution in [0.15, 0.2) is 21.0 Å². The maximum atomic E-state index is 11.5. The summed E-state index contributed by atoms with van der Waals surface area (Å²) in [5.74, 6) is 2.30. The number of anilines is 2. The quantitative estimate of drug-likeness (QED) is 0.580. The fourth-order valence-electron chi connectivity index (χ4n) is 1.97. The maximum Gasteiger partial charge on any atom is 0.253 e. The van der Waals surface area contributed by atoms with Crippen molar-refractivity contribution in [1.82, 2.24) is 19.9 Å². The van der Waals surface area contributed by atoms with E-state index in [1.165, 1.54) is 17.8 Å². The first kappa shape index (κ1) is 13.9. The Morgan fingerprint density at radius 3 is 2.76 bits per heavy atom. The first-order valence-electron chi connectivity index (χ1n) is 6.68. The number of nitrogens with zero attached hydrogens (tertiary/aromatic N) is 3. The Labute approximate surface area is 125 Å². The number of hydrogen-bond acceptors (Lipinski definition) is 7. The average molecular weight is 304 g/mol. The molecule has 2 aromatic rings. The number of aromatic nitrogens is 4. The Morgan fingerprint density at radius 1 is 1.38 bits per heavy atom. The first-order chi connectivity index (χ1) is 10.1. The zero-order valence-corrected chi connectivity index (χ0v) is 12.6. The first-order valence-corrected chi connectivity index (χ1v) is 7.49. The molecule has 0 saturated heterocycles. The molecule has 0 bridgehead atoms. The van der Waals surface area contributed by atoms with Gasteiger partial charge in [0, 0.05) is 24.6 Å². The van der Waals surface area contributed by atoms with Crippen LogP contribution in [-0.2, 0) is 0 Å². The second kappa shape index (κ2) is 5.36. The highest BCUT2D eigenvalue weighted by Crippen LogP contribution is 2.40. The Hall–Kier alpha value is -2.09. The monoisotopic (exact) mass is 304 g/mol. The van der Waals surface area contributed by atoms with Gasteiger partial charge in [0.15, 0.2) is 5.16 Å². The van der Waals surface area contributed by atoms with Crippen molar-refractivity contribution in [1.29, 1.82) is 0 Å². The fourth-order valence-corrected chi connectivity index (χ4v) is 2.85. The molecule has 2 heterocycles. The van der Waals surface area contributed by atoms with Gasteiger partial charge in [0.25, 0.3) is 5.56 Å². The van der Waals surface area contributed by atoms with Gasteiger partial charge in [-0.25, -0.2) is 15.0 Å². The van der Waals surface area contributed by atoms with Crippen LogP contribution in [0.25, 0.3) is 0 Å². The smallest absolute Gasteiger partial charge is 0.253 e. The lowest BCUT2D eigenvalue weighted by Crippen LogP contribution is -2.10. The zero-order valence-electron chi connectivity index (χ0n) is 11.8. The summed E-state index contributed by atoms with van der Waals surface area (Å²) in [5, 5.41) is 4.30. The van der Waals surface area contributed by atoms with Gasteiger partial charge in [-0.05, 0) is 31.5 Å². The van der Waals surface area contributed by atoms with Crippen LogP contribution in [0.1, 0.15) is 30.1 Å². The molecule has 110 valence electrons. The van der Waals surface area contributed by atoms with Crippen LogP contribution in [-0.4, -0.2) is 27.0 Å². The number of nitrogens with one attached hydrogen (secondary N) is 2. The second-order valence-electron chi connectivity index (χ2n) is 4.96. The molecule has 4 N–H and O–H groups in total. The molecule has 1 fully saturated rings. The van der Waals surface area contributed by atoms with E-state index >= 15 is 0 Å². The molecule has 1 aliphatic carbocycles. The van der Waals surface area contributed by atoms with Crippen molar-refractivity contribution in [3.05, 3.63) is 27.8 Å². The van der Waals surface area contributed by atoms with E-state index in [0.717, 1.165) is 35.1 Å². The summed E-state index contributed by atoms with van der Waals surface area (Å²) < 4.78 is 0. The maximum absolute atomic E-state index is 11.5. The van der Waals surface area contributed by atoms with E-state index in [2.05, 4.69) is 25.3 Å². The predicted molar refractivity (Wildman–Crippen MR) is 81.7 cm³/mol. The molecule has 0 radical (unpaired) electrons. The number of aromatic amines is 1. The largest absolute Gasteiger partial charge is 0.383 e. The number of nitrogen functional groups attached to an aromatic ring is 1. The lowest BCUT2D eigenvalue weighted by atomic mass is 10.3. The summed E-state index contributed by atoms with van der Waals surface area (Å²) in [6.07, 6.45) is 2.26. The van der Waals surface area contributed by atoms with Gasteiger partial charge >= 0.3 is 0 Å². The van der Waals surface area contributed by atoms with Gasteiger partial charge in [-0.1, -0.05) is 0 Å². The minimum atomic E-state index is -0.270. The molecule has 1 saturated carbocycles. The van der Waals surface area contributed by atoms with E-state index in [4.69, 9.17) is 5.73 Å². The van der Waals surface area contributed by atoms with Gasteiger partial charge in [-0.15, -0.1) is 0 Å². The third-order valence-electron chi connectivity index (χ3n) is 3.23. The molecule has 0 amide bonds. The van der Waals surface area contributed by atoms with E-state index in [1.807, 2.05) is 14.0 Å². The summed E-state index contributed by atoms with van der Waals surface area (Å²) in [4.78, 5) is 27.4. The van der Waals surface area contributed by atoms with E-state index in [-0.39, 0.29) is 11.4 Å². The fraction of sp³-hybridized carbons (Fsp3) is 0.385. The van der Waals surface area contributed by atoms with E-state index in [0.29, 0.717) is 11.1 Å². The highest BCUT2D eigenvalue weighted by molar-refractivity contribution is 7.99. The van der Waals surface area contributed by atoms with Crippen molar-refractivity contribution in [3.63, 3.8) is 0 Å². The van der Waals surface area contributed by atoms with Gasteiger partial charge in [0.1, 0.15) is 22.5 Å². The topological polar surface area (TPSA) is 110 Å². The van der Waals surface area contributed by atoms with E-state index < -0.39 is 0 Å². The minimum absolute atomic E-state index is 0.198. The Morgan fingerprint density at radius 2 is 2.14 bits per heavy atom. The van der Waals surface area contributed by atoms with Crippen molar-refractivity contribution in [2.75, 3.05) is 18.1 Å². The molecule has 7 nitrogen and oxygen atoms in total. The van der Waals surface area contributed by atoms with E-state index in [9.17, 15) is 4.79 Å². The van der Waals surface area contributed by atoms with Crippen LogP contribution in [0.3, 0.4) is 0 Å². The standard InChI is InChI=1S/C13H16N6OS/c1-6-10(15-2)18-11(7-3-4-7)19-12(6)21-13-16-8(14)5-9(20)17-13/h5,7H,3-4H2,1-2H3,(H,15,18,19)(H3,14,16,17,20). The Balaban J connectivity index is 2.00. The van der Waals surface area contributed by atoms with Crippen molar-refractivity contribution >= 4 is 23.4 Å². The highest BCUT2D eigenvalue weighted by Gasteiger charge is 2.28. The molecule has 0 aliphatic heterocycles. The molecule has 21 heavy (non-hydrogen) atoms. The van der Waals surface area contributed by atoms with Crippen molar-refractivity contribution in [3.8, 4) is 0 Å². The second-order valence-corrected chi connectivity index (χ2v) is 5.94. The van der Waals surface area contributed by atoms with Gasteiger partial charge in [0.2, 0.25) is 0 Å². The molecule has 0 spiro atoms. The van der Waals surface area contributed by atoms with Crippen LogP contribution in [0, 0.1) is 6.92 Å². The van der Waals surface area contributed by atoms with Gasteiger partial charge in [0.05, 0.1) is 0 Å². The molecule has 1 aliphatic rings. The summed E-state index contributed by atoms with van der Waals surface area (Å²) in [5.41, 5.74) is 6.26. The van der Waals surface area contributed by atoms with Crippen LogP contribution in [0.4, 0.5) is 11.6 Å². The molecule has 8 heteroatoms. The molecule has 0 aromatic carbocycles. The molecule has 2 aromatic heterocycles. The molecule has 0 atom stereocenters. The van der Waals surface area contributed by atoms with Gasteiger partial charge in [-0.2, -0.15) is 0 Å². The van der Waals surface area contributed by atoms with Gasteiger partial charge in [-0.3, -0.25) is 4.79 Å². The van der Waals surface area contributed by atoms with Gasteiger partial charge < -0.3 is 16.0 Å². The number of rotatable bonds is 4. The lowest BCUT2D eigenvalue weighted by Gasteiger charge is -2.11. The number of hydrogen-bond donors (Lipinski definition) is 3. The van der Waals surface area contributed by atoms with Crippen LogP contribution < -0.4 is 16.6 Å². The minimum Gasteiger partial charge on any atom is -0.383 e. The SMILES string of the molecule is CNc1nc(C2CC2)nc(Sc2nc(N)cc(=O)[nH]2)c1C. The normalized spacial score (nSPS) is 14.2. The summed E-state index contributed by atoms with van der Waals surface area (Å²) in [6.45, 7) is 1.94. The molecular weight excluding hydrogens is 288 g/mol. The molecular formula is C13H16N6OS. The van der Waals surface area contributed by atoms with E-state index in [1.54, 1.807) is 0 Å². The number of H-pyrrole nitrogens is 1. The van der Waals surface area contributed by atoms with Crippen LogP contribution in [0.5, 0.6) is 0 Å². The third kappa shape index (κ3) is 2.99. The highest BCUT2D eigenvalue weighted by atomic mass is 32.2. The molecule has 3 rings (SSSR count). The van der Waals surface area contributed by atoms with Crippen molar-refractivity contribution in [2.45, 2.75) is 35.9 Å². The Bertz CT molecular complexity index is 740. The summed E-state index contributed by atoms with van der Waals surface area (Å²) >= 11 is 1.29. The zero-order chi connectivity index (χ0) is 15.0. The Kier molecular flexibility index (Phi) is 3.54. The number of nitrogens with two attached hydrogens (primary N) is 1. The third-order valence-corrected chi connectivity index (χ3v) is 4.21. The average Bonchev–Trinajstić information content (AvgIpc) is 3.24. The predicted octanol–water partition coefficient (Wildman–Crippen LogP) is 1.52. The van der Waals surface area contributed by atoms with Crippen LogP contribution in [0.2, 0.25) is 0 Å².